The molecule has 0 saturated heterocycles. The second-order valence-electron chi connectivity index (χ2n) is 7.32. The van der Waals surface area contributed by atoms with E-state index in [1.807, 2.05) is 30.3 Å². The lowest BCUT2D eigenvalue weighted by atomic mass is 9.86. The van der Waals surface area contributed by atoms with Gasteiger partial charge in [-0.2, -0.15) is 0 Å². The van der Waals surface area contributed by atoms with Crippen molar-refractivity contribution in [3.63, 3.8) is 0 Å². The van der Waals surface area contributed by atoms with Crippen molar-refractivity contribution in [3.8, 4) is 11.3 Å². The lowest BCUT2D eigenvalue weighted by Crippen LogP contribution is -2.14. The van der Waals surface area contributed by atoms with Gasteiger partial charge in [-0.25, -0.2) is 15.0 Å². The molecule has 0 unspecified atom stereocenters. The summed E-state index contributed by atoms with van der Waals surface area (Å²) in [5, 5.41) is 3.38. The molecule has 2 heterocycles. The van der Waals surface area contributed by atoms with E-state index in [9.17, 15) is 0 Å². The van der Waals surface area contributed by atoms with Gasteiger partial charge < -0.3 is 10.3 Å². The maximum absolute atomic E-state index is 4.69. The molecule has 0 spiro atoms. The topological polar surface area (TPSA) is 66.5 Å². The Morgan fingerprint density at radius 3 is 2.65 bits per heavy atom. The molecule has 0 fully saturated rings. The van der Waals surface area contributed by atoms with Crippen molar-refractivity contribution in [2.24, 2.45) is 0 Å². The van der Waals surface area contributed by atoms with Gasteiger partial charge in [-0.3, -0.25) is 0 Å². The molecule has 0 amide bonds. The Hall–Kier alpha value is -3.21. The molecule has 0 aliphatic rings. The van der Waals surface area contributed by atoms with Gasteiger partial charge in [-0.1, -0.05) is 45.0 Å². The molecule has 2 aromatic heterocycles. The van der Waals surface area contributed by atoms with Gasteiger partial charge in [-0.05, 0) is 35.2 Å². The Morgan fingerprint density at radius 1 is 0.962 bits per heavy atom. The predicted molar refractivity (Wildman–Crippen MR) is 106 cm³/mol. The highest BCUT2D eigenvalue weighted by Gasteiger charge is 2.18. The van der Waals surface area contributed by atoms with E-state index < -0.39 is 0 Å². The third-order valence-electron chi connectivity index (χ3n) is 4.35. The highest BCUT2D eigenvalue weighted by molar-refractivity contribution is 5.80. The molecule has 4 aromatic rings. The van der Waals surface area contributed by atoms with Crippen LogP contribution in [0.4, 0.5) is 11.6 Å². The minimum absolute atomic E-state index is 0.0339. The molecule has 0 saturated carbocycles. The number of hydrogen-bond donors (Lipinski definition) is 2. The average Bonchev–Trinajstić information content (AvgIpc) is 3.09. The molecule has 0 aliphatic carbocycles. The van der Waals surface area contributed by atoms with Crippen molar-refractivity contribution in [1.82, 2.24) is 19.9 Å². The Morgan fingerprint density at radius 2 is 1.81 bits per heavy atom. The van der Waals surface area contributed by atoms with Crippen LogP contribution in [0.25, 0.3) is 22.3 Å². The standard InChI is InChI=1S/C21H21N5/c1-21(2,3)15-6-4-5-7-17(15)26-20-22-11-10-16(25-20)14-8-9-18-19(12-14)24-13-23-18/h4-13H,1-3H3,(H,23,24)(H,22,25,26). The summed E-state index contributed by atoms with van der Waals surface area (Å²) < 4.78 is 0. The van der Waals surface area contributed by atoms with Crippen molar-refractivity contribution in [2.45, 2.75) is 26.2 Å². The number of nitrogens with zero attached hydrogens (tertiary/aromatic N) is 3. The fraction of sp³-hybridized carbons (Fsp3) is 0.190. The van der Waals surface area contributed by atoms with Crippen LogP contribution in [-0.2, 0) is 5.41 Å². The Kier molecular flexibility index (Phi) is 3.92. The molecule has 2 N–H and O–H groups in total. The molecular weight excluding hydrogens is 322 g/mol. The molecular formula is C21H21N5. The van der Waals surface area contributed by atoms with E-state index in [0.717, 1.165) is 28.0 Å². The minimum Gasteiger partial charge on any atom is -0.345 e. The van der Waals surface area contributed by atoms with E-state index in [1.165, 1.54) is 5.56 Å². The third kappa shape index (κ3) is 3.16. The molecule has 0 aliphatic heterocycles. The number of imidazole rings is 1. The summed E-state index contributed by atoms with van der Waals surface area (Å²) >= 11 is 0. The highest BCUT2D eigenvalue weighted by atomic mass is 15.1. The third-order valence-corrected chi connectivity index (χ3v) is 4.35. The van der Waals surface area contributed by atoms with Gasteiger partial charge in [0.25, 0.3) is 0 Å². The van der Waals surface area contributed by atoms with Crippen molar-refractivity contribution in [1.29, 1.82) is 0 Å². The Balaban J connectivity index is 1.69. The quantitative estimate of drug-likeness (QED) is 0.545. The number of fused-ring (bicyclic) bond motifs is 1. The zero-order chi connectivity index (χ0) is 18.1. The lowest BCUT2D eigenvalue weighted by molar-refractivity contribution is 0.592. The average molecular weight is 343 g/mol. The van der Waals surface area contributed by atoms with Crippen LogP contribution in [0, 0.1) is 0 Å². The van der Waals surface area contributed by atoms with Gasteiger partial charge in [0.15, 0.2) is 0 Å². The number of hydrogen-bond acceptors (Lipinski definition) is 4. The summed E-state index contributed by atoms with van der Waals surface area (Å²) in [7, 11) is 0. The van der Waals surface area contributed by atoms with Gasteiger partial charge in [0.2, 0.25) is 5.95 Å². The number of anilines is 2. The molecule has 0 radical (unpaired) electrons. The van der Waals surface area contributed by atoms with Gasteiger partial charge in [-0.15, -0.1) is 0 Å². The van der Waals surface area contributed by atoms with Crippen LogP contribution in [-0.4, -0.2) is 19.9 Å². The molecule has 26 heavy (non-hydrogen) atoms. The minimum atomic E-state index is 0.0339. The van der Waals surface area contributed by atoms with E-state index in [2.05, 4.69) is 59.2 Å². The van der Waals surface area contributed by atoms with Gasteiger partial charge in [0.1, 0.15) is 0 Å². The van der Waals surface area contributed by atoms with Gasteiger partial charge in [0.05, 0.1) is 23.1 Å². The van der Waals surface area contributed by atoms with Crippen LogP contribution in [0.5, 0.6) is 0 Å². The zero-order valence-corrected chi connectivity index (χ0v) is 15.1. The summed E-state index contributed by atoms with van der Waals surface area (Å²) in [6.07, 6.45) is 3.48. The molecule has 5 nitrogen and oxygen atoms in total. The SMILES string of the molecule is CC(C)(C)c1ccccc1Nc1nccc(-c2ccc3[nH]cnc3c2)n1. The summed E-state index contributed by atoms with van der Waals surface area (Å²) in [6.45, 7) is 6.59. The second kappa shape index (κ2) is 6.26. The first-order valence-corrected chi connectivity index (χ1v) is 8.64. The van der Waals surface area contributed by atoms with Crippen LogP contribution in [0.1, 0.15) is 26.3 Å². The van der Waals surface area contributed by atoms with E-state index >= 15 is 0 Å². The van der Waals surface area contributed by atoms with E-state index in [4.69, 9.17) is 4.98 Å². The monoisotopic (exact) mass is 343 g/mol. The number of aromatic nitrogens is 4. The number of benzene rings is 2. The van der Waals surface area contributed by atoms with Crippen molar-refractivity contribution in [2.75, 3.05) is 5.32 Å². The first-order valence-electron chi connectivity index (χ1n) is 8.64. The second-order valence-corrected chi connectivity index (χ2v) is 7.32. The normalized spacial score (nSPS) is 11.7. The van der Waals surface area contributed by atoms with Crippen LogP contribution in [0.2, 0.25) is 0 Å². The van der Waals surface area contributed by atoms with Crippen molar-refractivity contribution >= 4 is 22.7 Å². The predicted octanol–water partition coefficient (Wildman–Crippen LogP) is 5.06. The van der Waals surface area contributed by atoms with Gasteiger partial charge >= 0.3 is 0 Å². The summed E-state index contributed by atoms with van der Waals surface area (Å²) in [6, 6.07) is 16.3. The molecule has 4 rings (SSSR count). The van der Waals surface area contributed by atoms with Crippen molar-refractivity contribution in [3.05, 3.63) is 66.6 Å². The summed E-state index contributed by atoms with van der Waals surface area (Å²) in [5.74, 6) is 0.585. The Labute approximate surface area is 152 Å². The first kappa shape index (κ1) is 16.3. The first-order chi connectivity index (χ1) is 12.5. The highest BCUT2D eigenvalue weighted by Crippen LogP contribution is 2.31. The van der Waals surface area contributed by atoms with Crippen LogP contribution in [0.3, 0.4) is 0 Å². The molecule has 5 heteroatoms. The summed E-state index contributed by atoms with van der Waals surface area (Å²) in [4.78, 5) is 16.5. The Bertz CT molecular complexity index is 1060. The van der Waals surface area contributed by atoms with E-state index in [1.54, 1.807) is 12.5 Å². The van der Waals surface area contributed by atoms with E-state index in [-0.39, 0.29) is 5.41 Å². The fourth-order valence-electron chi connectivity index (χ4n) is 3.04. The maximum atomic E-state index is 4.69. The van der Waals surface area contributed by atoms with Crippen LogP contribution >= 0.6 is 0 Å². The molecule has 130 valence electrons. The molecule has 0 atom stereocenters. The van der Waals surface area contributed by atoms with Crippen LogP contribution in [0.15, 0.2) is 61.1 Å². The largest absolute Gasteiger partial charge is 0.345 e. The lowest BCUT2D eigenvalue weighted by Gasteiger charge is -2.23. The maximum Gasteiger partial charge on any atom is 0.227 e. The van der Waals surface area contributed by atoms with Crippen molar-refractivity contribution < 1.29 is 0 Å². The smallest absolute Gasteiger partial charge is 0.227 e. The fourth-order valence-corrected chi connectivity index (χ4v) is 3.04. The number of aromatic amines is 1. The number of H-pyrrole nitrogens is 1. The number of nitrogens with one attached hydrogen (secondary N) is 2. The van der Waals surface area contributed by atoms with Crippen LogP contribution < -0.4 is 5.32 Å². The number of rotatable bonds is 3. The van der Waals surface area contributed by atoms with Gasteiger partial charge in [0, 0.05) is 17.4 Å². The molecule has 0 bridgehead atoms. The number of para-hydroxylation sites is 1. The summed E-state index contributed by atoms with van der Waals surface area (Å²) in [5.41, 5.74) is 6.10. The van der Waals surface area contributed by atoms with E-state index in [0.29, 0.717) is 5.95 Å². The molecule has 2 aromatic carbocycles. The zero-order valence-electron chi connectivity index (χ0n) is 15.1.